The molecule has 0 spiro atoms. The molecule has 2 aromatic carbocycles. The number of benzene rings is 2. The first-order valence-corrected chi connectivity index (χ1v) is 8.60. The van der Waals surface area contributed by atoms with Crippen LogP contribution in [0.15, 0.2) is 59.8 Å². The van der Waals surface area contributed by atoms with E-state index in [2.05, 4.69) is 5.32 Å². The van der Waals surface area contributed by atoms with Crippen LogP contribution < -0.4 is 10.6 Å². The number of allylic oxidation sites excluding steroid dienone is 1. The van der Waals surface area contributed by atoms with E-state index in [0.717, 1.165) is 11.1 Å². The summed E-state index contributed by atoms with van der Waals surface area (Å²) in [6.07, 6.45) is -0.260. The fourth-order valence-electron chi connectivity index (χ4n) is 3.44. The zero-order chi connectivity index (χ0) is 20.4. The topological polar surface area (TPSA) is 132 Å². The predicted molar refractivity (Wildman–Crippen MR) is 100 cm³/mol. The van der Waals surface area contributed by atoms with Gasteiger partial charge in [-0.25, -0.2) is 0 Å². The van der Waals surface area contributed by atoms with Gasteiger partial charge >= 0.3 is 0 Å². The van der Waals surface area contributed by atoms with Gasteiger partial charge in [-0.3, -0.25) is 25.0 Å². The number of hydrogen-bond donors (Lipinski definition) is 2. The van der Waals surface area contributed by atoms with E-state index in [9.17, 15) is 25.0 Å². The minimum Gasteiger partial charge on any atom is -0.336 e. The molecule has 0 fully saturated rings. The third-order valence-electron chi connectivity index (χ3n) is 4.78. The predicted octanol–water partition coefficient (Wildman–Crippen LogP) is 2.27. The van der Waals surface area contributed by atoms with E-state index in [1.807, 2.05) is 5.32 Å². The molecule has 0 amide bonds. The second-order valence-corrected chi connectivity index (χ2v) is 6.58. The van der Waals surface area contributed by atoms with E-state index in [4.69, 9.17) is 0 Å². The highest BCUT2D eigenvalue weighted by atomic mass is 16.6. The monoisotopic (exact) mass is 383 g/mol. The summed E-state index contributed by atoms with van der Waals surface area (Å²) in [6, 6.07) is 12.0. The molecule has 0 saturated heterocycles. The molecule has 28 heavy (non-hydrogen) atoms. The Labute approximate surface area is 160 Å². The normalized spacial score (nSPS) is 19.1. The first kappa shape index (κ1) is 19.2. The number of rotatable bonds is 5. The van der Waals surface area contributed by atoms with Gasteiger partial charge in [0, 0.05) is 41.1 Å². The molecule has 9 heteroatoms. The van der Waals surface area contributed by atoms with Crippen LogP contribution in [0.1, 0.15) is 37.2 Å². The number of nitrogens with zero attached hydrogens (tertiary/aromatic N) is 2. The van der Waals surface area contributed by atoms with Crippen LogP contribution in [0.2, 0.25) is 0 Å². The lowest BCUT2D eigenvalue weighted by molar-refractivity contribution is -0.734. The van der Waals surface area contributed by atoms with Gasteiger partial charge in [0.05, 0.1) is 15.4 Å². The number of nitro benzene ring substituents is 2. The van der Waals surface area contributed by atoms with Crippen molar-refractivity contribution in [2.24, 2.45) is 0 Å². The van der Waals surface area contributed by atoms with Crippen molar-refractivity contribution in [1.29, 1.82) is 0 Å². The number of carbonyl (C=O) groups excluding carboxylic acids is 1. The number of hydrogen-bond acceptors (Lipinski definition) is 6. The maximum absolute atomic E-state index is 12.2. The molecule has 9 nitrogen and oxygen atoms in total. The molecule has 1 aliphatic rings. The second kappa shape index (κ2) is 7.57. The van der Waals surface area contributed by atoms with Crippen molar-refractivity contribution in [2.75, 3.05) is 0 Å². The zero-order valence-corrected chi connectivity index (χ0v) is 15.3. The number of carbonyl (C=O) groups is 1. The maximum atomic E-state index is 12.2. The van der Waals surface area contributed by atoms with E-state index in [0.29, 0.717) is 11.3 Å². The molecule has 0 bridgehead atoms. The highest BCUT2D eigenvalue weighted by molar-refractivity contribution is 5.95. The molecule has 1 aliphatic heterocycles. The van der Waals surface area contributed by atoms with Gasteiger partial charge in [-0.2, -0.15) is 0 Å². The Kier molecular flexibility index (Phi) is 5.18. The van der Waals surface area contributed by atoms with Crippen LogP contribution in [0.4, 0.5) is 11.4 Å². The van der Waals surface area contributed by atoms with Gasteiger partial charge in [0.15, 0.2) is 11.9 Å². The fourth-order valence-corrected chi connectivity index (χ4v) is 3.44. The van der Waals surface area contributed by atoms with Crippen LogP contribution in [0.25, 0.3) is 0 Å². The molecular formula is C19H19N4O5+. The van der Waals surface area contributed by atoms with Gasteiger partial charge in [-0.1, -0.05) is 0 Å². The van der Waals surface area contributed by atoms with Crippen molar-refractivity contribution >= 4 is 17.2 Å². The van der Waals surface area contributed by atoms with Gasteiger partial charge in [0.1, 0.15) is 6.04 Å². The summed E-state index contributed by atoms with van der Waals surface area (Å²) in [5.74, 6) is -0.0910. The van der Waals surface area contributed by atoms with Crippen LogP contribution in [0.5, 0.6) is 0 Å². The van der Waals surface area contributed by atoms with Gasteiger partial charge < -0.3 is 10.6 Å². The number of nitrogens with two attached hydrogens (primary N) is 1. The highest BCUT2D eigenvalue weighted by Gasteiger charge is 2.34. The molecule has 1 heterocycles. The Morgan fingerprint density at radius 2 is 1.39 bits per heavy atom. The van der Waals surface area contributed by atoms with Crippen LogP contribution in [-0.2, 0) is 4.79 Å². The average molecular weight is 383 g/mol. The smallest absolute Gasteiger partial charge is 0.269 e. The third-order valence-corrected chi connectivity index (χ3v) is 4.78. The lowest BCUT2D eigenvalue weighted by Crippen LogP contribution is -2.91. The van der Waals surface area contributed by atoms with Gasteiger partial charge in [0.25, 0.3) is 11.4 Å². The summed E-state index contributed by atoms with van der Waals surface area (Å²) >= 11 is 0. The van der Waals surface area contributed by atoms with Gasteiger partial charge in [-0.05, 0) is 38.1 Å². The Morgan fingerprint density at radius 1 is 0.929 bits per heavy atom. The maximum Gasteiger partial charge on any atom is 0.269 e. The van der Waals surface area contributed by atoms with Crippen molar-refractivity contribution in [3.63, 3.8) is 0 Å². The lowest BCUT2D eigenvalue weighted by Gasteiger charge is -2.32. The molecule has 2 unspecified atom stereocenters. The molecule has 0 aromatic heterocycles. The number of nitro groups is 2. The third kappa shape index (κ3) is 3.74. The molecule has 144 valence electrons. The average Bonchev–Trinajstić information content (AvgIpc) is 2.67. The van der Waals surface area contributed by atoms with Gasteiger partial charge in [-0.15, -0.1) is 0 Å². The van der Waals surface area contributed by atoms with E-state index >= 15 is 0 Å². The van der Waals surface area contributed by atoms with Crippen LogP contribution >= 0.6 is 0 Å². The first-order chi connectivity index (χ1) is 13.3. The number of nitrogens with one attached hydrogen (secondary N) is 1. The molecule has 0 radical (unpaired) electrons. The fraction of sp³-hybridized carbons (Fsp3) is 0.211. The Hall–Kier alpha value is -3.59. The molecule has 0 saturated carbocycles. The van der Waals surface area contributed by atoms with E-state index in [-0.39, 0.29) is 29.4 Å². The SMILES string of the molecule is CC(=O)C1=C(C)NC(c2ccc([N+](=O)[O-])cc2)[NH2+]C1c1ccc([N+](=O)[O-])cc1. The van der Waals surface area contributed by atoms with Crippen LogP contribution in [0, 0.1) is 20.2 Å². The highest BCUT2D eigenvalue weighted by Crippen LogP contribution is 2.28. The Balaban J connectivity index is 1.97. The summed E-state index contributed by atoms with van der Waals surface area (Å²) in [5, 5.41) is 27.0. The molecular weight excluding hydrogens is 364 g/mol. The summed E-state index contributed by atoms with van der Waals surface area (Å²) < 4.78 is 0. The number of Topliss-reactive ketones (excluding diaryl/α,β-unsaturated/α-hetero) is 1. The molecule has 3 rings (SSSR count). The number of non-ortho nitro benzene ring substituents is 2. The summed E-state index contributed by atoms with van der Waals surface area (Å²) in [4.78, 5) is 33.1. The molecule has 2 aromatic rings. The second-order valence-electron chi connectivity index (χ2n) is 6.58. The van der Waals surface area contributed by atoms with E-state index < -0.39 is 9.85 Å². The summed E-state index contributed by atoms with van der Waals surface area (Å²) in [6.45, 7) is 3.29. The van der Waals surface area contributed by atoms with Crippen LogP contribution in [0.3, 0.4) is 0 Å². The van der Waals surface area contributed by atoms with E-state index in [1.165, 1.54) is 31.2 Å². The lowest BCUT2D eigenvalue weighted by atomic mass is 9.91. The first-order valence-electron chi connectivity index (χ1n) is 8.60. The molecule has 2 atom stereocenters. The van der Waals surface area contributed by atoms with Crippen molar-refractivity contribution in [1.82, 2.24) is 5.32 Å². The Bertz CT molecular complexity index is 967. The largest absolute Gasteiger partial charge is 0.336 e. The minimum atomic E-state index is -0.470. The van der Waals surface area contributed by atoms with Crippen molar-refractivity contribution in [3.05, 3.63) is 91.2 Å². The quantitative estimate of drug-likeness (QED) is 0.601. The van der Waals surface area contributed by atoms with Crippen molar-refractivity contribution < 1.29 is 20.0 Å². The number of quaternary nitrogens is 1. The number of ketones is 1. The molecule has 0 aliphatic carbocycles. The molecule has 3 N–H and O–H groups in total. The van der Waals surface area contributed by atoms with E-state index in [1.54, 1.807) is 31.2 Å². The Morgan fingerprint density at radius 3 is 1.82 bits per heavy atom. The van der Waals surface area contributed by atoms with Gasteiger partial charge in [0.2, 0.25) is 0 Å². The summed E-state index contributed by atoms with van der Waals surface area (Å²) in [5.41, 5.74) is 2.87. The van der Waals surface area contributed by atoms with Crippen LogP contribution in [-0.4, -0.2) is 15.6 Å². The zero-order valence-electron chi connectivity index (χ0n) is 15.3. The van der Waals surface area contributed by atoms with Crippen molar-refractivity contribution in [2.45, 2.75) is 26.1 Å². The standard InChI is InChI=1S/C19H18N4O5/c1-11-17(12(2)24)18(13-3-7-15(8-4-13)22(25)26)21-19(20-11)14-5-9-16(10-6-14)23(27)28/h3-10,18-21H,1-2H3/p+1. The minimum absolute atomic E-state index is 0.00293. The van der Waals surface area contributed by atoms with Crippen molar-refractivity contribution in [3.8, 4) is 0 Å². The summed E-state index contributed by atoms with van der Waals surface area (Å²) in [7, 11) is 0.